The molecule has 0 atom stereocenters. The van der Waals surface area contributed by atoms with E-state index >= 15 is 0 Å². The normalized spacial score (nSPS) is 10.9. The minimum absolute atomic E-state index is 0.146. The van der Waals surface area contributed by atoms with Crippen molar-refractivity contribution in [1.29, 1.82) is 0 Å². The first kappa shape index (κ1) is 17.8. The maximum Gasteiger partial charge on any atom is 0.239 e. The fourth-order valence-corrected chi connectivity index (χ4v) is 2.76. The highest BCUT2D eigenvalue weighted by Crippen LogP contribution is 2.17. The minimum atomic E-state index is -0.266. The van der Waals surface area contributed by atoms with E-state index in [1.165, 1.54) is 6.07 Å². The van der Waals surface area contributed by atoms with Gasteiger partial charge in [0.2, 0.25) is 5.91 Å². The number of aromatic nitrogens is 2. The molecule has 0 unspecified atom stereocenters. The summed E-state index contributed by atoms with van der Waals surface area (Å²) in [5.74, 6) is 0.163. The Kier molecular flexibility index (Phi) is 5.43. The van der Waals surface area contributed by atoms with Crippen molar-refractivity contribution in [3.63, 3.8) is 0 Å². The molecule has 0 saturated heterocycles. The molecule has 5 nitrogen and oxygen atoms in total. The van der Waals surface area contributed by atoms with Crippen molar-refractivity contribution in [3.8, 4) is 5.69 Å². The van der Waals surface area contributed by atoms with Gasteiger partial charge in [0.25, 0.3) is 0 Å². The Bertz CT molecular complexity index is 892. The molecule has 1 amide bonds. The molecule has 0 spiro atoms. The molecular weight excluding hydrogens is 331 g/mol. The minimum Gasteiger partial charge on any atom is -0.309 e. The summed E-state index contributed by atoms with van der Waals surface area (Å²) in [4.78, 5) is 14.2. The summed E-state index contributed by atoms with van der Waals surface area (Å²) >= 11 is 0. The number of anilines is 1. The zero-order chi connectivity index (χ0) is 18.5. The van der Waals surface area contributed by atoms with Crippen LogP contribution in [0, 0.1) is 12.7 Å². The van der Waals surface area contributed by atoms with Crippen LogP contribution >= 0.6 is 0 Å². The van der Waals surface area contributed by atoms with E-state index in [1.54, 1.807) is 34.8 Å². The maximum atomic E-state index is 13.7. The molecule has 134 valence electrons. The first-order valence-corrected chi connectivity index (χ1v) is 8.37. The van der Waals surface area contributed by atoms with Gasteiger partial charge in [-0.3, -0.25) is 9.69 Å². The van der Waals surface area contributed by atoms with Crippen LogP contribution in [0.5, 0.6) is 0 Å². The molecule has 0 fully saturated rings. The Hall–Kier alpha value is -2.99. The summed E-state index contributed by atoms with van der Waals surface area (Å²) in [7, 11) is 1.78. The van der Waals surface area contributed by atoms with Gasteiger partial charge >= 0.3 is 0 Å². The zero-order valence-electron chi connectivity index (χ0n) is 14.8. The lowest BCUT2D eigenvalue weighted by Crippen LogP contribution is -2.30. The lowest BCUT2D eigenvalue weighted by atomic mass is 10.2. The van der Waals surface area contributed by atoms with E-state index in [4.69, 9.17) is 0 Å². The molecule has 0 bridgehead atoms. The SMILES string of the molecule is Cc1cc(NC(=O)CN(C)Cc2ccccc2F)n(-c2ccccc2)n1. The van der Waals surface area contributed by atoms with Crippen molar-refractivity contribution in [3.05, 3.63) is 77.7 Å². The van der Waals surface area contributed by atoms with Gasteiger partial charge in [0.1, 0.15) is 11.6 Å². The highest BCUT2D eigenvalue weighted by atomic mass is 19.1. The molecule has 2 aromatic carbocycles. The van der Waals surface area contributed by atoms with Gasteiger partial charge in [0.15, 0.2) is 0 Å². The molecule has 26 heavy (non-hydrogen) atoms. The number of hydrogen-bond donors (Lipinski definition) is 1. The number of nitrogens with zero attached hydrogens (tertiary/aromatic N) is 3. The van der Waals surface area contributed by atoms with Crippen molar-refractivity contribution in [2.45, 2.75) is 13.5 Å². The predicted octanol–water partition coefficient (Wildman–Crippen LogP) is 3.39. The largest absolute Gasteiger partial charge is 0.309 e. The van der Waals surface area contributed by atoms with Crippen LogP contribution < -0.4 is 5.32 Å². The first-order valence-electron chi connectivity index (χ1n) is 8.37. The lowest BCUT2D eigenvalue weighted by molar-refractivity contribution is -0.117. The molecule has 1 N–H and O–H groups in total. The monoisotopic (exact) mass is 352 g/mol. The number of likely N-dealkylation sites (N-methyl/N-ethyl adjacent to an activating group) is 1. The van der Waals surface area contributed by atoms with Crippen molar-refractivity contribution < 1.29 is 9.18 Å². The summed E-state index contributed by atoms with van der Waals surface area (Å²) < 4.78 is 15.4. The van der Waals surface area contributed by atoms with Crippen LogP contribution in [0.15, 0.2) is 60.7 Å². The number of benzene rings is 2. The Morgan fingerprint density at radius 3 is 2.58 bits per heavy atom. The molecule has 0 aliphatic heterocycles. The quantitative estimate of drug-likeness (QED) is 0.740. The summed E-state index contributed by atoms with van der Waals surface area (Å²) in [6, 6.07) is 18.0. The lowest BCUT2D eigenvalue weighted by Gasteiger charge is -2.17. The van der Waals surface area contributed by atoms with Gasteiger partial charge in [0.05, 0.1) is 17.9 Å². The molecule has 0 aliphatic rings. The topological polar surface area (TPSA) is 50.2 Å². The average molecular weight is 352 g/mol. The van der Waals surface area contributed by atoms with Crippen LogP contribution in [-0.4, -0.2) is 34.2 Å². The smallest absolute Gasteiger partial charge is 0.239 e. The predicted molar refractivity (Wildman–Crippen MR) is 99.7 cm³/mol. The number of aryl methyl sites for hydroxylation is 1. The van der Waals surface area contributed by atoms with E-state index < -0.39 is 0 Å². The molecule has 0 radical (unpaired) electrons. The fourth-order valence-electron chi connectivity index (χ4n) is 2.76. The van der Waals surface area contributed by atoms with Crippen LogP contribution in [0.3, 0.4) is 0 Å². The maximum absolute atomic E-state index is 13.7. The summed E-state index contributed by atoms with van der Waals surface area (Å²) in [6.07, 6.45) is 0. The Morgan fingerprint density at radius 1 is 1.15 bits per heavy atom. The van der Waals surface area contributed by atoms with Gasteiger partial charge in [-0.1, -0.05) is 36.4 Å². The summed E-state index contributed by atoms with van der Waals surface area (Å²) in [5, 5.41) is 7.32. The van der Waals surface area contributed by atoms with Gasteiger partial charge in [-0.15, -0.1) is 0 Å². The second-order valence-electron chi connectivity index (χ2n) is 6.23. The first-order chi connectivity index (χ1) is 12.5. The van der Waals surface area contributed by atoms with E-state index in [2.05, 4.69) is 10.4 Å². The van der Waals surface area contributed by atoms with Gasteiger partial charge in [-0.05, 0) is 32.2 Å². The van der Waals surface area contributed by atoms with Crippen LogP contribution in [0.25, 0.3) is 5.69 Å². The number of carbonyl (C=O) groups excluding carboxylic acids is 1. The Balaban J connectivity index is 1.66. The van der Waals surface area contributed by atoms with Crippen molar-refractivity contribution in [2.75, 3.05) is 18.9 Å². The fraction of sp³-hybridized carbons (Fsp3) is 0.200. The molecule has 0 saturated carbocycles. The molecule has 3 aromatic rings. The number of rotatable bonds is 6. The van der Waals surface area contributed by atoms with E-state index in [0.717, 1.165) is 11.4 Å². The van der Waals surface area contributed by atoms with Crippen LogP contribution in [0.2, 0.25) is 0 Å². The van der Waals surface area contributed by atoms with E-state index in [9.17, 15) is 9.18 Å². The van der Waals surface area contributed by atoms with Crippen molar-refractivity contribution in [1.82, 2.24) is 14.7 Å². The number of carbonyl (C=O) groups is 1. The second kappa shape index (κ2) is 7.93. The number of amides is 1. The highest BCUT2D eigenvalue weighted by molar-refractivity contribution is 5.91. The summed E-state index contributed by atoms with van der Waals surface area (Å²) in [5.41, 5.74) is 2.24. The highest BCUT2D eigenvalue weighted by Gasteiger charge is 2.13. The molecule has 1 heterocycles. The van der Waals surface area contributed by atoms with Gasteiger partial charge in [-0.2, -0.15) is 5.10 Å². The molecule has 1 aromatic heterocycles. The third-order valence-electron chi connectivity index (χ3n) is 3.91. The van der Waals surface area contributed by atoms with Crippen LogP contribution in [0.4, 0.5) is 10.2 Å². The second-order valence-corrected chi connectivity index (χ2v) is 6.23. The van der Waals surface area contributed by atoms with E-state index in [-0.39, 0.29) is 18.3 Å². The number of hydrogen-bond acceptors (Lipinski definition) is 3. The average Bonchev–Trinajstić information content (AvgIpc) is 2.97. The van der Waals surface area contributed by atoms with Gasteiger partial charge < -0.3 is 5.32 Å². The standard InChI is InChI=1S/C20H21FN4O/c1-15-12-19(25(23-15)17-9-4-3-5-10-17)22-20(26)14-24(2)13-16-8-6-7-11-18(16)21/h3-12H,13-14H2,1-2H3,(H,22,26). The molecule has 6 heteroatoms. The number of nitrogens with one attached hydrogen (secondary N) is 1. The number of para-hydroxylation sites is 1. The van der Waals surface area contributed by atoms with Gasteiger partial charge in [0, 0.05) is 18.2 Å². The third-order valence-corrected chi connectivity index (χ3v) is 3.91. The van der Waals surface area contributed by atoms with Gasteiger partial charge in [-0.25, -0.2) is 9.07 Å². The van der Waals surface area contributed by atoms with Crippen molar-refractivity contribution >= 4 is 11.7 Å². The Labute approximate surface area is 152 Å². The Morgan fingerprint density at radius 2 is 1.85 bits per heavy atom. The molecule has 0 aliphatic carbocycles. The summed E-state index contributed by atoms with van der Waals surface area (Å²) in [6.45, 7) is 2.38. The number of halogens is 1. The third kappa shape index (κ3) is 4.34. The zero-order valence-corrected chi connectivity index (χ0v) is 14.8. The van der Waals surface area contributed by atoms with Crippen LogP contribution in [-0.2, 0) is 11.3 Å². The van der Waals surface area contributed by atoms with E-state index in [1.807, 2.05) is 43.3 Å². The molecular formula is C20H21FN4O. The van der Waals surface area contributed by atoms with E-state index in [0.29, 0.717) is 17.9 Å². The molecule has 3 rings (SSSR count). The van der Waals surface area contributed by atoms with Crippen LogP contribution in [0.1, 0.15) is 11.3 Å². The van der Waals surface area contributed by atoms with Crippen molar-refractivity contribution in [2.24, 2.45) is 0 Å².